The number of ether oxygens (including phenoxy) is 1. The molecule has 0 aromatic rings. The summed E-state index contributed by atoms with van der Waals surface area (Å²) in [7, 11) is 0. The van der Waals surface area contributed by atoms with E-state index in [1.807, 2.05) is 12.0 Å². The third kappa shape index (κ3) is 0.901. The number of cyclic esters (lactones) is 1. The molecule has 72 valence electrons. The van der Waals surface area contributed by atoms with Crippen LogP contribution in [0.3, 0.4) is 0 Å². The molecule has 0 aliphatic carbocycles. The fourth-order valence-electron chi connectivity index (χ4n) is 2.69. The Bertz CT molecular complexity index is 253. The van der Waals surface area contributed by atoms with Crippen LogP contribution in [0.2, 0.25) is 0 Å². The first-order valence-electron chi connectivity index (χ1n) is 4.91. The van der Waals surface area contributed by atoms with Crippen LogP contribution in [0.15, 0.2) is 0 Å². The van der Waals surface area contributed by atoms with Crippen molar-refractivity contribution in [3.63, 3.8) is 0 Å². The van der Waals surface area contributed by atoms with Crippen LogP contribution < -0.4 is 0 Å². The minimum atomic E-state index is -0.0666. The number of fused-ring (bicyclic) bond motifs is 3. The number of nitrogens with zero attached hydrogens (tertiary/aromatic N) is 1. The molecule has 0 unspecified atom stereocenters. The van der Waals surface area contributed by atoms with Gasteiger partial charge in [0.1, 0.15) is 18.1 Å². The zero-order chi connectivity index (χ0) is 9.00. The van der Waals surface area contributed by atoms with Gasteiger partial charge < -0.3 is 4.74 Å². The maximum Gasteiger partial charge on any atom is 0.313 e. The Morgan fingerprint density at radius 2 is 2.38 bits per heavy atom. The lowest BCUT2D eigenvalue weighted by molar-refractivity contribution is -0.174. The van der Waals surface area contributed by atoms with E-state index in [9.17, 15) is 4.79 Å². The first-order chi connectivity index (χ1) is 6.27. The SMILES string of the molecule is C[C@@H]1OC(=O)[C@@H]2[C@H]1ON1CCC[C@H]21. The van der Waals surface area contributed by atoms with Crippen molar-refractivity contribution in [1.29, 1.82) is 0 Å². The highest BCUT2D eigenvalue weighted by Crippen LogP contribution is 2.41. The Kier molecular flexibility index (Phi) is 1.46. The molecule has 3 rings (SSSR count). The van der Waals surface area contributed by atoms with Crippen molar-refractivity contribution in [3.05, 3.63) is 0 Å². The fraction of sp³-hybridized carbons (Fsp3) is 0.889. The van der Waals surface area contributed by atoms with Gasteiger partial charge in [0.15, 0.2) is 0 Å². The number of carbonyl (C=O) groups excluding carboxylic acids is 1. The summed E-state index contributed by atoms with van der Waals surface area (Å²) in [4.78, 5) is 17.2. The van der Waals surface area contributed by atoms with Crippen LogP contribution in [0, 0.1) is 5.92 Å². The lowest BCUT2D eigenvalue weighted by Crippen LogP contribution is -2.29. The van der Waals surface area contributed by atoms with Crippen molar-refractivity contribution in [3.8, 4) is 0 Å². The van der Waals surface area contributed by atoms with Gasteiger partial charge in [-0.15, -0.1) is 0 Å². The van der Waals surface area contributed by atoms with E-state index < -0.39 is 0 Å². The maximum atomic E-state index is 11.5. The fourth-order valence-corrected chi connectivity index (χ4v) is 2.69. The van der Waals surface area contributed by atoms with Crippen LogP contribution in [0.25, 0.3) is 0 Å². The number of esters is 1. The van der Waals surface area contributed by atoms with Gasteiger partial charge in [0.2, 0.25) is 0 Å². The molecule has 0 N–H and O–H groups in total. The number of carbonyl (C=O) groups is 1. The van der Waals surface area contributed by atoms with E-state index in [1.165, 1.54) is 0 Å². The monoisotopic (exact) mass is 183 g/mol. The van der Waals surface area contributed by atoms with Crippen molar-refractivity contribution < 1.29 is 14.4 Å². The van der Waals surface area contributed by atoms with Gasteiger partial charge in [-0.05, 0) is 19.8 Å². The largest absolute Gasteiger partial charge is 0.459 e. The number of rotatable bonds is 0. The number of hydrogen-bond donors (Lipinski definition) is 0. The van der Waals surface area contributed by atoms with Gasteiger partial charge in [-0.2, -0.15) is 5.06 Å². The molecule has 3 fully saturated rings. The molecule has 0 amide bonds. The molecule has 0 saturated carbocycles. The lowest BCUT2D eigenvalue weighted by atomic mass is 9.94. The predicted molar refractivity (Wildman–Crippen MR) is 43.6 cm³/mol. The zero-order valence-corrected chi connectivity index (χ0v) is 7.60. The maximum absolute atomic E-state index is 11.5. The highest BCUT2D eigenvalue weighted by molar-refractivity contribution is 5.77. The second-order valence-corrected chi connectivity index (χ2v) is 4.09. The Morgan fingerprint density at radius 1 is 1.54 bits per heavy atom. The molecule has 0 bridgehead atoms. The standard InChI is InChI=1S/C9H13NO3/c1-5-8-7(9(11)12-5)6-3-2-4-10(6)13-8/h5-8H,2-4H2,1H3/t5-,6+,7-,8-/m0/s1. The number of hydrogen-bond acceptors (Lipinski definition) is 4. The summed E-state index contributed by atoms with van der Waals surface area (Å²) >= 11 is 0. The third-order valence-corrected chi connectivity index (χ3v) is 3.31. The highest BCUT2D eigenvalue weighted by Gasteiger charge is 2.56. The molecular formula is C9H13NO3. The number of hydroxylamine groups is 2. The van der Waals surface area contributed by atoms with Crippen molar-refractivity contribution in [2.75, 3.05) is 6.54 Å². The zero-order valence-electron chi connectivity index (χ0n) is 7.60. The van der Waals surface area contributed by atoms with Crippen LogP contribution in [0.4, 0.5) is 0 Å². The summed E-state index contributed by atoms with van der Waals surface area (Å²) in [6, 6.07) is 0.294. The van der Waals surface area contributed by atoms with Crippen molar-refractivity contribution in [2.24, 2.45) is 5.92 Å². The Balaban J connectivity index is 1.90. The van der Waals surface area contributed by atoms with E-state index in [1.54, 1.807) is 0 Å². The second-order valence-electron chi connectivity index (χ2n) is 4.09. The van der Waals surface area contributed by atoms with Crippen LogP contribution in [0.5, 0.6) is 0 Å². The first kappa shape index (κ1) is 7.76. The van der Waals surface area contributed by atoms with E-state index >= 15 is 0 Å². The van der Waals surface area contributed by atoms with E-state index in [4.69, 9.17) is 9.57 Å². The molecule has 13 heavy (non-hydrogen) atoms. The van der Waals surface area contributed by atoms with Gasteiger partial charge in [0.05, 0.1) is 6.04 Å². The lowest BCUT2D eigenvalue weighted by Gasteiger charge is -2.16. The van der Waals surface area contributed by atoms with E-state index in [2.05, 4.69) is 0 Å². The summed E-state index contributed by atoms with van der Waals surface area (Å²) in [5.41, 5.74) is 0. The van der Waals surface area contributed by atoms with Crippen LogP contribution in [0.1, 0.15) is 19.8 Å². The third-order valence-electron chi connectivity index (χ3n) is 3.31. The van der Waals surface area contributed by atoms with Crippen LogP contribution in [-0.4, -0.2) is 35.8 Å². The summed E-state index contributed by atoms with van der Waals surface area (Å²) in [5, 5.41) is 1.98. The Hall–Kier alpha value is -0.610. The summed E-state index contributed by atoms with van der Waals surface area (Å²) in [6.07, 6.45) is 2.12. The van der Waals surface area contributed by atoms with Gasteiger partial charge in [-0.1, -0.05) is 0 Å². The van der Waals surface area contributed by atoms with Crippen molar-refractivity contribution in [1.82, 2.24) is 5.06 Å². The highest BCUT2D eigenvalue weighted by atomic mass is 16.7. The molecule has 3 aliphatic heterocycles. The molecule has 0 aromatic carbocycles. The smallest absolute Gasteiger partial charge is 0.313 e. The summed E-state index contributed by atoms with van der Waals surface area (Å²) < 4.78 is 5.15. The van der Waals surface area contributed by atoms with E-state index in [0.717, 1.165) is 19.4 Å². The van der Waals surface area contributed by atoms with Gasteiger partial charge in [-0.25, -0.2) is 0 Å². The van der Waals surface area contributed by atoms with Gasteiger partial charge >= 0.3 is 5.97 Å². The second kappa shape index (κ2) is 2.45. The van der Waals surface area contributed by atoms with Crippen LogP contribution in [-0.2, 0) is 14.4 Å². The van der Waals surface area contributed by atoms with E-state index in [-0.39, 0.29) is 24.1 Å². The topological polar surface area (TPSA) is 38.8 Å². The summed E-state index contributed by atoms with van der Waals surface area (Å²) in [5.74, 6) is -0.0793. The van der Waals surface area contributed by atoms with Gasteiger partial charge in [0.25, 0.3) is 0 Å². The molecule has 3 heterocycles. The molecule has 4 atom stereocenters. The normalized spacial score (nSPS) is 49.2. The summed E-state index contributed by atoms with van der Waals surface area (Å²) in [6.45, 7) is 2.88. The van der Waals surface area contributed by atoms with Crippen LogP contribution >= 0.6 is 0 Å². The molecule has 0 spiro atoms. The van der Waals surface area contributed by atoms with Crippen molar-refractivity contribution >= 4 is 5.97 Å². The Morgan fingerprint density at radius 3 is 3.23 bits per heavy atom. The molecule has 0 aromatic heterocycles. The van der Waals surface area contributed by atoms with E-state index in [0.29, 0.717) is 6.04 Å². The first-order valence-corrected chi connectivity index (χ1v) is 4.91. The molecule has 0 radical (unpaired) electrons. The Labute approximate surface area is 76.7 Å². The minimum absolute atomic E-state index is 0.0159. The predicted octanol–water partition coefficient (Wildman–Crippen LogP) is 0.326. The average molecular weight is 183 g/mol. The van der Waals surface area contributed by atoms with Crippen molar-refractivity contribution in [2.45, 2.75) is 38.0 Å². The minimum Gasteiger partial charge on any atom is -0.459 e. The molecule has 4 nitrogen and oxygen atoms in total. The van der Waals surface area contributed by atoms with Gasteiger partial charge in [0, 0.05) is 6.54 Å². The molecule has 3 saturated heterocycles. The average Bonchev–Trinajstić information content (AvgIpc) is 2.63. The quantitative estimate of drug-likeness (QED) is 0.507. The van der Waals surface area contributed by atoms with Gasteiger partial charge in [-0.3, -0.25) is 9.63 Å². The molecule has 4 heteroatoms. The molecular weight excluding hydrogens is 170 g/mol. The molecule has 3 aliphatic rings.